The molecule has 0 spiro atoms. The fraction of sp³-hybridized carbons (Fsp3) is 0.700. The predicted molar refractivity (Wildman–Crippen MR) is 52.5 cm³/mol. The number of hydrogen-bond donors (Lipinski definition) is 1. The molecule has 0 radical (unpaired) electrons. The second-order valence-corrected chi connectivity index (χ2v) is 3.69. The summed E-state index contributed by atoms with van der Waals surface area (Å²) in [6, 6.07) is 0.561. The number of hydrogen-bond acceptors (Lipinski definition) is 2. The van der Waals surface area contributed by atoms with Crippen molar-refractivity contribution in [2.75, 3.05) is 6.54 Å². The molecule has 0 amide bonds. The molecule has 0 aromatic carbocycles. The van der Waals surface area contributed by atoms with Crippen LogP contribution in [0.5, 0.6) is 0 Å². The number of rotatable bonds is 3. The van der Waals surface area contributed by atoms with Gasteiger partial charge in [-0.25, -0.2) is 0 Å². The molecular formula is C10H17N3. The van der Waals surface area contributed by atoms with Crippen LogP contribution >= 0.6 is 0 Å². The zero-order valence-corrected chi connectivity index (χ0v) is 8.16. The molecule has 1 aromatic heterocycles. The Kier molecular flexibility index (Phi) is 2.64. The van der Waals surface area contributed by atoms with Gasteiger partial charge in [-0.3, -0.25) is 4.68 Å². The first kappa shape index (κ1) is 8.75. The summed E-state index contributed by atoms with van der Waals surface area (Å²) in [4.78, 5) is 0. The van der Waals surface area contributed by atoms with Gasteiger partial charge in [-0.05, 0) is 25.8 Å². The fourth-order valence-electron chi connectivity index (χ4n) is 1.88. The van der Waals surface area contributed by atoms with Crippen LogP contribution in [0.25, 0.3) is 0 Å². The third-order valence-corrected chi connectivity index (χ3v) is 2.57. The molecule has 1 unspecified atom stereocenters. The molecule has 0 aliphatic carbocycles. The number of nitrogens with zero attached hydrogens (tertiary/aromatic N) is 2. The van der Waals surface area contributed by atoms with E-state index in [1.165, 1.54) is 18.4 Å². The molecule has 1 atom stereocenters. The zero-order chi connectivity index (χ0) is 9.10. The lowest BCUT2D eigenvalue weighted by molar-refractivity contribution is 0.598. The quantitative estimate of drug-likeness (QED) is 0.765. The minimum atomic E-state index is 0.561. The highest BCUT2D eigenvalue weighted by molar-refractivity contribution is 5.11. The first-order valence-electron chi connectivity index (χ1n) is 5.16. The van der Waals surface area contributed by atoms with Crippen molar-refractivity contribution >= 4 is 0 Å². The van der Waals surface area contributed by atoms with E-state index in [1.54, 1.807) is 0 Å². The van der Waals surface area contributed by atoms with Crippen LogP contribution in [0.2, 0.25) is 0 Å². The zero-order valence-electron chi connectivity index (χ0n) is 8.16. The summed E-state index contributed by atoms with van der Waals surface area (Å²) in [5.74, 6) is 0. The third kappa shape index (κ3) is 1.91. The van der Waals surface area contributed by atoms with Gasteiger partial charge >= 0.3 is 0 Å². The van der Waals surface area contributed by atoms with E-state index in [-0.39, 0.29) is 0 Å². The molecule has 1 aliphatic rings. The molecular weight excluding hydrogens is 162 g/mol. The first-order valence-corrected chi connectivity index (χ1v) is 5.16. The summed E-state index contributed by atoms with van der Waals surface area (Å²) in [5, 5.41) is 7.80. The Hall–Kier alpha value is -0.830. The Bertz CT molecular complexity index is 261. The van der Waals surface area contributed by atoms with E-state index in [4.69, 9.17) is 0 Å². The van der Waals surface area contributed by atoms with Gasteiger partial charge in [-0.15, -0.1) is 0 Å². The van der Waals surface area contributed by atoms with Crippen molar-refractivity contribution in [2.24, 2.45) is 0 Å². The molecule has 1 saturated heterocycles. The smallest absolute Gasteiger partial charge is 0.0537 e. The molecule has 0 bridgehead atoms. The molecule has 13 heavy (non-hydrogen) atoms. The second kappa shape index (κ2) is 3.92. The van der Waals surface area contributed by atoms with Crippen molar-refractivity contribution in [2.45, 2.75) is 38.8 Å². The number of nitrogens with one attached hydrogen (secondary N) is 1. The van der Waals surface area contributed by atoms with Crippen molar-refractivity contribution in [3.8, 4) is 0 Å². The van der Waals surface area contributed by atoms with Gasteiger partial charge in [0.05, 0.1) is 6.20 Å². The Balaban J connectivity index is 2.03. The van der Waals surface area contributed by atoms with E-state index < -0.39 is 0 Å². The van der Waals surface area contributed by atoms with Crippen molar-refractivity contribution in [3.05, 3.63) is 18.0 Å². The summed E-state index contributed by atoms with van der Waals surface area (Å²) >= 11 is 0. The van der Waals surface area contributed by atoms with Crippen LogP contribution < -0.4 is 5.32 Å². The summed E-state index contributed by atoms with van der Waals surface area (Å²) in [6.07, 6.45) is 7.88. The standard InChI is InChI=1S/C10H17N3/c1-2-6-13-8-9(7-12-13)10-4-3-5-11-10/h7-8,10-11H,2-6H2,1H3. The lowest BCUT2D eigenvalue weighted by Crippen LogP contribution is -2.12. The SMILES string of the molecule is CCCn1cc(C2CCCN2)cn1. The topological polar surface area (TPSA) is 29.9 Å². The highest BCUT2D eigenvalue weighted by Crippen LogP contribution is 2.21. The van der Waals surface area contributed by atoms with Gasteiger partial charge in [-0.1, -0.05) is 6.92 Å². The van der Waals surface area contributed by atoms with Gasteiger partial charge in [0.2, 0.25) is 0 Å². The average Bonchev–Trinajstić information content (AvgIpc) is 2.70. The van der Waals surface area contributed by atoms with E-state index in [1.807, 2.05) is 10.9 Å². The largest absolute Gasteiger partial charge is 0.310 e. The highest BCUT2D eigenvalue weighted by atomic mass is 15.3. The van der Waals surface area contributed by atoms with Gasteiger partial charge in [0, 0.05) is 24.3 Å². The molecule has 1 aromatic rings. The number of aryl methyl sites for hydroxylation is 1. The van der Waals surface area contributed by atoms with Crippen LogP contribution in [0.1, 0.15) is 37.8 Å². The molecule has 72 valence electrons. The van der Waals surface area contributed by atoms with Crippen LogP contribution in [0.4, 0.5) is 0 Å². The fourth-order valence-corrected chi connectivity index (χ4v) is 1.88. The third-order valence-electron chi connectivity index (χ3n) is 2.57. The summed E-state index contributed by atoms with van der Waals surface area (Å²) in [6.45, 7) is 4.37. The second-order valence-electron chi connectivity index (χ2n) is 3.69. The molecule has 3 heteroatoms. The summed E-state index contributed by atoms with van der Waals surface area (Å²) in [5.41, 5.74) is 1.35. The predicted octanol–water partition coefficient (Wildman–Crippen LogP) is 1.72. The summed E-state index contributed by atoms with van der Waals surface area (Å²) < 4.78 is 2.04. The Labute approximate surface area is 79.1 Å². The summed E-state index contributed by atoms with van der Waals surface area (Å²) in [7, 11) is 0. The molecule has 3 nitrogen and oxygen atoms in total. The van der Waals surface area contributed by atoms with E-state index in [0.29, 0.717) is 6.04 Å². The minimum absolute atomic E-state index is 0.561. The van der Waals surface area contributed by atoms with E-state index in [0.717, 1.165) is 19.5 Å². The van der Waals surface area contributed by atoms with Gasteiger partial charge in [-0.2, -0.15) is 5.10 Å². The van der Waals surface area contributed by atoms with Crippen LogP contribution in [-0.4, -0.2) is 16.3 Å². The molecule has 0 saturated carbocycles. The lowest BCUT2D eigenvalue weighted by Gasteiger charge is -2.05. The number of aromatic nitrogens is 2. The van der Waals surface area contributed by atoms with E-state index >= 15 is 0 Å². The van der Waals surface area contributed by atoms with Crippen LogP contribution in [0.3, 0.4) is 0 Å². The van der Waals surface area contributed by atoms with Crippen LogP contribution in [0.15, 0.2) is 12.4 Å². The van der Waals surface area contributed by atoms with Crippen LogP contribution in [0, 0.1) is 0 Å². The molecule has 1 fully saturated rings. The van der Waals surface area contributed by atoms with E-state index in [2.05, 4.69) is 23.5 Å². The van der Waals surface area contributed by atoms with Crippen molar-refractivity contribution in [1.82, 2.24) is 15.1 Å². The maximum absolute atomic E-state index is 4.33. The van der Waals surface area contributed by atoms with Gasteiger partial charge < -0.3 is 5.32 Å². The Morgan fingerprint density at radius 3 is 3.31 bits per heavy atom. The maximum Gasteiger partial charge on any atom is 0.0537 e. The minimum Gasteiger partial charge on any atom is -0.310 e. The van der Waals surface area contributed by atoms with Gasteiger partial charge in [0.25, 0.3) is 0 Å². The Morgan fingerprint density at radius 1 is 1.69 bits per heavy atom. The van der Waals surface area contributed by atoms with E-state index in [9.17, 15) is 0 Å². The molecule has 2 rings (SSSR count). The monoisotopic (exact) mass is 179 g/mol. The first-order chi connectivity index (χ1) is 6.40. The van der Waals surface area contributed by atoms with Crippen LogP contribution in [-0.2, 0) is 6.54 Å². The van der Waals surface area contributed by atoms with Gasteiger partial charge in [0.1, 0.15) is 0 Å². The van der Waals surface area contributed by atoms with Crippen molar-refractivity contribution in [3.63, 3.8) is 0 Å². The molecule has 2 heterocycles. The van der Waals surface area contributed by atoms with Crippen molar-refractivity contribution < 1.29 is 0 Å². The lowest BCUT2D eigenvalue weighted by atomic mass is 10.1. The average molecular weight is 179 g/mol. The van der Waals surface area contributed by atoms with Gasteiger partial charge in [0.15, 0.2) is 0 Å². The molecule has 1 N–H and O–H groups in total. The Morgan fingerprint density at radius 2 is 2.62 bits per heavy atom. The molecule has 1 aliphatic heterocycles. The normalized spacial score (nSPS) is 22.4. The highest BCUT2D eigenvalue weighted by Gasteiger charge is 2.17. The van der Waals surface area contributed by atoms with Crippen molar-refractivity contribution in [1.29, 1.82) is 0 Å². The maximum atomic E-state index is 4.33.